The molecule has 42 heavy (non-hydrogen) atoms. The van der Waals surface area contributed by atoms with Crippen molar-refractivity contribution in [3.05, 3.63) is 0 Å². The van der Waals surface area contributed by atoms with Crippen LogP contribution in [0.15, 0.2) is 0 Å². The van der Waals surface area contributed by atoms with Gasteiger partial charge in [0.2, 0.25) is 11.8 Å². The molecule has 4 atom stereocenters. The molecule has 2 rings (SSSR count). The van der Waals surface area contributed by atoms with Gasteiger partial charge in [-0.3, -0.25) is 19.2 Å². The van der Waals surface area contributed by atoms with Crippen LogP contribution in [0.25, 0.3) is 0 Å². The maximum atomic E-state index is 12.3. The van der Waals surface area contributed by atoms with Crippen molar-refractivity contribution in [1.29, 1.82) is 0 Å². The molecule has 0 aromatic carbocycles. The summed E-state index contributed by atoms with van der Waals surface area (Å²) in [4.78, 5) is 48.6. The summed E-state index contributed by atoms with van der Waals surface area (Å²) in [7, 11) is -6.07. The van der Waals surface area contributed by atoms with E-state index in [-0.39, 0.29) is 65.8 Å². The zero-order valence-electron chi connectivity index (χ0n) is 25.7. The number of ether oxygens (including phenoxy) is 1. The van der Waals surface area contributed by atoms with Crippen LogP contribution in [0.3, 0.4) is 0 Å². The van der Waals surface area contributed by atoms with Crippen molar-refractivity contribution in [3.63, 3.8) is 0 Å². The molecule has 244 valence electrons. The minimum atomic E-state index is -3.06. The van der Waals surface area contributed by atoms with Crippen molar-refractivity contribution in [2.45, 2.75) is 72.1 Å². The Hall–Kier alpha value is -2.22. The summed E-state index contributed by atoms with van der Waals surface area (Å²) in [5.74, 6) is -0.624. The number of sulfone groups is 2. The van der Waals surface area contributed by atoms with Gasteiger partial charge in [-0.15, -0.1) is 0 Å². The largest absolute Gasteiger partial charge is 0.481 e. The van der Waals surface area contributed by atoms with E-state index in [0.29, 0.717) is 39.2 Å². The second-order valence-corrected chi connectivity index (χ2v) is 16.1. The number of carbonyl (C=O) groups is 4. The SMILES string of the molecule is CCC1CN(C(=O)CCC(=O)O)CC1CS(C)(=O)=O.CCC1CN(C(=O)CCCCCOC(C)=O)CC1CS(C)(=O)=O. The van der Waals surface area contributed by atoms with E-state index in [4.69, 9.17) is 9.84 Å². The van der Waals surface area contributed by atoms with E-state index >= 15 is 0 Å². The standard InChI is InChI=1S/C16H29NO5S.C12H21NO5S/c1-4-14-10-17(11-15(14)12-23(3,20)21)16(19)8-6-5-7-9-22-13(2)18;1-3-9-6-13(11(14)4-5-12(15)16)7-10(9)8-19(2,17)18/h14-15H,4-12H2,1-3H3;9-10H,3-8H2,1-2H3,(H,15,16). The fraction of sp³-hybridized carbons (Fsp3) is 0.857. The molecule has 2 aliphatic rings. The Bertz CT molecular complexity index is 1120. The quantitative estimate of drug-likeness (QED) is 0.207. The van der Waals surface area contributed by atoms with Crippen LogP contribution in [0.5, 0.6) is 0 Å². The lowest BCUT2D eigenvalue weighted by molar-refractivity contribution is -0.141. The summed E-state index contributed by atoms with van der Waals surface area (Å²) < 4.78 is 50.6. The molecule has 0 aromatic rings. The third kappa shape index (κ3) is 15.3. The summed E-state index contributed by atoms with van der Waals surface area (Å²) in [6.45, 7) is 7.99. The minimum absolute atomic E-state index is 0.0165. The second-order valence-electron chi connectivity index (χ2n) is 11.7. The fourth-order valence-corrected chi connectivity index (χ4v) is 7.98. The summed E-state index contributed by atoms with van der Waals surface area (Å²) in [5.41, 5.74) is 0. The van der Waals surface area contributed by atoms with E-state index in [1.54, 1.807) is 4.90 Å². The highest BCUT2D eigenvalue weighted by Crippen LogP contribution is 2.29. The molecular formula is C28H50N2O10S2. The normalized spacial score (nSPS) is 22.4. The molecule has 0 spiro atoms. The Morgan fingerprint density at radius 2 is 1.12 bits per heavy atom. The molecular weight excluding hydrogens is 588 g/mol. The highest BCUT2D eigenvalue weighted by molar-refractivity contribution is 7.90. The molecule has 0 radical (unpaired) electrons. The average Bonchev–Trinajstić information content (AvgIpc) is 3.46. The lowest BCUT2D eigenvalue weighted by atomic mass is 9.96. The number of rotatable bonds is 15. The summed E-state index contributed by atoms with van der Waals surface area (Å²) in [6.07, 6.45) is 6.83. The van der Waals surface area contributed by atoms with Crippen molar-refractivity contribution < 1.29 is 45.9 Å². The zero-order valence-corrected chi connectivity index (χ0v) is 27.4. The van der Waals surface area contributed by atoms with Gasteiger partial charge in [-0.2, -0.15) is 0 Å². The first-order chi connectivity index (χ1) is 19.5. The first-order valence-corrected chi connectivity index (χ1v) is 18.8. The summed E-state index contributed by atoms with van der Waals surface area (Å²) in [5, 5.41) is 8.56. The number of esters is 1. The van der Waals surface area contributed by atoms with Gasteiger partial charge < -0.3 is 19.6 Å². The number of nitrogens with zero attached hydrogens (tertiary/aromatic N) is 2. The van der Waals surface area contributed by atoms with Gasteiger partial charge in [-0.05, 0) is 42.9 Å². The van der Waals surface area contributed by atoms with Crippen LogP contribution in [0.2, 0.25) is 0 Å². The number of hydrogen-bond acceptors (Lipinski definition) is 9. The van der Waals surface area contributed by atoms with E-state index < -0.39 is 25.6 Å². The van der Waals surface area contributed by atoms with Crippen LogP contribution in [-0.4, -0.2) is 112 Å². The smallest absolute Gasteiger partial charge is 0.303 e. The molecule has 14 heteroatoms. The number of carboxylic acid groups (broad SMARTS) is 1. The zero-order chi connectivity index (χ0) is 32.1. The first-order valence-electron chi connectivity index (χ1n) is 14.7. The molecule has 1 N–H and O–H groups in total. The monoisotopic (exact) mass is 638 g/mol. The molecule has 4 unspecified atom stereocenters. The lowest BCUT2D eigenvalue weighted by Crippen LogP contribution is -2.30. The maximum absolute atomic E-state index is 12.3. The molecule has 0 saturated carbocycles. The van der Waals surface area contributed by atoms with E-state index in [2.05, 4.69) is 0 Å². The van der Waals surface area contributed by atoms with Crippen LogP contribution in [0, 0.1) is 23.7 Å². The van der Waals surface area contributed by atoms with Crippen molar-refractivity contribution in [3.8, 4) is 0 Å². The van der Waals surface area contributed by atoms with Crippen molar-refractivity contribution >= 4 is 43.4 Å². The minimum Gasteiger partial charge on any atom is -0.481 e. The third-order valence-corrected chi connectivity index (χ3v) is 9.90. The predicted octanol–water partition coefficient (Wildman–Crippen LogP) is 2.02. The Morgan fingerprint density at radius 3 is 1.50 bits per heavy atom. The molecule has 2 aliphatic heterocycles. The van der Waals surface area contributed by atoms with Gasteiger partial charge >= 0.3 is 11.9 Å². The van der Waals surface area contributed by atoms with Gasteiger partial charge in [0.05, 0.1) is 24.5 Å². The second kappa shape index (κ2) is 17.8. The molecule has 2 amide bonds. The van der Waals surface area contributed by atoms with Crippen LogP contribution in [0.4, 0.5) is 0 Å². The molecule has 2 fully saturated rings. The number of carbonyl (C=O) groups excluding carboxylic acids is 3. The number of likely N-dealkylation sites (tertiary alicyclic amines) is 2. The van der Waals surface area contributed by atoms with Crippen LogP contribution in [-0.2, 0) is 43.6 Å². The van der Waals surface area contributed by atoms with Crippen LogP contribution >= 0.6 is 0 Å². The summed E-state index contributed by atoms with van der Waals surface area (Å²) >= 11 is 0. The van der Waals surface area contributed by atoms with Crippen molar-refractivity contribution in [2.75, 3.05) is 56.8 Å². The molecule has 0 bridgehead atoms. The lowest BCUT2D eigenvalue weighted by Gasteiger charge is -2.16. The van der Waals surface area contributed by atoms with Gasteiger partial charge in [0, 0.05) is 58.5 Å². The summed E-state index contributed by atoms with van der Waals surface area (Å²) in [6, 6.07) is 0. The van der Waals surface area contributed by atoms with E-state index in [0.717, 1.165) is 32.1 Å². The first kappa shape index (κ1) is 37.8. The Morgan fingerprint density at radius 1 is 0.690 bits per heavy atom. The van der Waals surface area contributed by atoms with E-state index in [9.17, 15) is 36.0 Å². The van der Waals surface area contributed by atoms with Crippen LogP contribution < -0.4 is 0 Å². The molecule has 12 nitrogen and oxygen atoms in total. The molecule has 2 heterocycles. The van der Waals surface area contributed by atoms with Gasteiger partial charge in [0.15, 0.2) is 0 Å². The maximum Gasteiger partial charge on any atom is 0.303 e. The average molecular weight is 639 g/mol. The van der Waals surface area contributed by atoms with Gasteiger partial charge in [-0.1, -0.05) is 26.7 Å². The molecule has 0 aliphatic carbocycles. The van der Waals surface area contributed by atoms with Crippen molar-refractivity contribution in [2.24, 2.45) is 23.7 Å². The van der Waals surface area contributed by atoms with Crippen molar-refractivity contribution in [1.82, 2.24) is 9.80 Å². The van der Waals surface area contributed by atoms with Crippen LogP contribution in [0.1, 0.15) is 72.1 Å². The number of unbranched alkanes of at least 4 members (excludes halogenated alkanes) is 2. The third-order valence-electron chi connectivity index (χ3n) is 7.83. The van der Waals surface area contributed by atoms with E-state index in [1.807, 2.05) is 18.7 Å². The number of carboxylic acids is 1. The number of amides is 2. The topological polar surface area (TPSA) is 172 Å². The Kier molecular flexibility index (Phi) is 16.0. The fourth-order valence-electron chi connectivity index (χ4n) is 5.67. The highest BCUT2D eigenvalue weighted by atomic mass is 32.2. The number of aliphatic carboxylic acids is 1. The highest BCUT2D eigenvalue weighted by Gasteiger charge is 2.36. The molecule has 2 saturated heterocycles. The van der Waals surface area contributed by atoms with Gasteiger partial charge in [-0.25, -0.2) is 16.8 Å². The number of hydrogen-bond donors (Lipinski definition) is 1. The Balaban J connectivity index is 0.000000428. The van der Waals surface area contributed by atoms with E-state index in [1.165, 1.54) is 19.4 Å². The van der Waals surface area contributed by atoms with Gasteiger partial charge in [0.1, 0.15) is 19.7 Å². The molecule has 0 aromatic heterocycles. The van der Waals surface area contributed by atoms with Gasteiger partial charge in [0.25, 0.3) is 0 Å². The predicted molar refractivity (Wildman–Crippen MR) is 159 cm³/mol. The Labute approximate surface area is 251 Å².